The Labute approximate surface area is 273 Å². The first kappa shape index (κ1) is 36.4. The fourth-order valence-electron chi connectivity index (χ4n) is 7.56. The number of allylic oxidation sites excluding steroid dienone is 4. The smallest absolute Gasteiger partial charge is 0.329 e. The van der Waals surface area contributed by atoms with Gasteiger partial charge in [0.2, 0.25) is 5.79 Å². The zero-order chi connectivity index (χ0) is 33.6. The summed E-state index contributed by atoms with van der Waals surface area (Å²) >= 11 is 0. The van der Waals surface area contributed by atoms with Crippen LogP contribution in [0.15, 0.2) is 24.3 Å². The highest BCUT2D eigenvalue weighted by Crippen LogP contribution is 2.37. The lowest BCUT2D eigenvalue weighted by atomic mass is 9.78. The Kier molecular flexibility index (Phi) is 12.8. The molecule has 11 atom stereocenters. The second-order valence-corrected chi connectivity index (χ2v) is 14.5. The summed E-state index contributed by atoms with van der Waals surface area (Å²) in [5.74, 6) is -6.11. The number of hydrogen-bond donors (Lipinski definition) is 3. The third-order valence-electron chi connectivity index (χ3n) is 10.8. The van der Waals surface area contributed by atoms with Crippen LogP contribution in [0.25, 0.3) is 0 Å². The van der Waals surface area contributed by atoms with Crippen molar-refractivity contribution in [2.75, 3.05) is 6.54 Å². The number of hydrogen-bond acceptors (Lipinski definition) is 9. The molecule has 4 aliphatic rings. The van der Waals surface area contributed by atoms with Crippen molar-refractivity contribution in [3.63, 3.8) is 0 Å². The Balaban J connectivity index is 1.57. The SMILES string of the molecule is CC1C=CCCC=CC(=O)C(C)C2CCC(C)C(O)(O2)C(=O)C(=O)N2CCCC2C(=O)OC(C(C)CC2CCC(O)C(O)C2)CC1. The predicted molar refractivity (Wildman–Crippen MR) is 171 cm³/mol. The molecule has 258 valence electrons. The van der Waals surface area contributed by atoms with Gasteiger partial charge in [0.1, 0.15) is 12.1 Å². The average Bonchev–Trinajstić information content (AvgIpc) is 3.52. The summed E-state index contributed by atoms with van der Waals surface area (Å²) in [5.41, 5.74) is 0. The molecule has 0 aromatic carbocycles. The molecule has 2 saturated heterocycles. The fraction of sp³-hybridized carbons (Fsp3) is 0.778. The van der Waals surface area contributed by atoms with Crippen LogP contribution in [0.1, 0.15) is 105 Å². The number of fused-ring (bicyclic) bond motifs is 3. The number of esters is 1. The maximum atomic E-state index is 13.7. The summed E-state index contributed by atoms with van der Waals surface area (Å²) in [6.07, 6.45) is 12.1. The zero-order valence-corrected chi connectivity index (χ0v) is 28.0. The summed E-state index contributed by atoms with van der Waals surface area (Å²) in [4.78, 5) is 55.2. The molecule has 3 fully saturated rings. The van der Waals surface area contributed by atoms with Gasteiger partial charge in [-0.25, -0.2) is 4.79 Å². The lowest BCUT2D eigenvalue weighted by Gasteiger charge is -2.42. The van der Waals surface area contributed by atoms with Gasteiger partial charge in [-0.05, 0) is 101 Å². The number of aliphatic hydroxyl groups is 3. The minimum atomic E-state index is -2.40. The molecular weight excluding hydrogens is 590 g/mol. The second-order valence-electron chi connectivity index (χ2n) is 14.5. The molecule has 46 heavy (non-hydrogen) atoms. The van der Waals surface area contributed by atoms with E-state index in [4.69, 9.17) is 9.47 Å². The van der Waals surface area contributed by atoms with Crippen LogP contribution < -0.4 is 0 Å². The first-order chi connectivity index (χ1) is 21.8. The molecular formula is C36H55NO9. The standard InChI is InChI=1S/C36H55NO9/c1-22-10-7-5-6-8-12-28(38)25(4)32-18-14-24(3)36(44,46-32)33(41)34(42)37-19-9-11-27(37)35(43)45-31(17-13-22)23(2)20-26-15-16-29(39)30(40)21-26/h7-8,10,12,22-27,29-32,39-40,44H,5-6,9,11,13-21H2,1-4H3. The van der Waals surface area contributed by atoms with Crippen LogP contribution in [0.4, 0.5) is 0 Å². The molecule has 11 unspecified atom stereocenters. The van der Waals surface area contributed by atoms with E-state index in [1.165, 1.54) is 11.0 Å². The molecule has 2 bridgehead atoms. The fourth-order valence-corrected chi connectivity index (χ4v) is 7.56. The van der Waals surface area contributed by atoms with Gasteiger partial charge in [-0.3, -0.25) is 14.4 Å². The van der Waals surface area contributed by atoms with Crippen molar-refractivity contribution < 1.29 is 44.0 Å². The monoisotopic (exact) mass is 645 g/mol. The highest BCUT2D eigenvalue weighted by Gasteiger charge is 2.54. The molecule has 1 saturated carbocycles. The lowest BCUT2D eigenvalue weighted by molar-refractivity contribution is -0.268. The Morgan fingerprint density at radius 3 is 2.41 bits per heavy atom. The van der Waals surface area contributed by atoms with Crippen molar-refractivity contribution in [2.24, 2.45) is 29.6 Å². The normalized spacial score (nSPS) is 39.8. The maximum Gasteiger partial charge on any atom is 0.329 e. The molecule has 1 amide bonds. The zero-order valence-electron chi connectivity index (χ0n) is 28.0. The summed E-state index contributed by atoms with van der Waals surface area (Å²) < 4.78 is 12.1. The van der Waals surface area contributed by atoms with Crippen LogP contribution >= 0.6 is 0 Å². The van der Waals surface area contributed by atoms with Gasteiger partial charge in [0.25, 0.3) is 11.7 Å². The van der Waals surface area contributed by atoms with Crippen LogP contribution in [0.5, 0.6) is 0 Å². The number of nitrogens with zero attached hydrogens (tertiary/aromatic N) is 1. The number of ketones is 2. The molecule has 0 radical (unpaired) electrons. The number of cyclic esters (lactones) is 1. The molecule has 10 heteroatoms. The quantitative estimate of drug-likeness (QED) is 0.235. The van der Waals surface area contributed by atoms with Crippen molar-refractivity contribution in [3.8, 4) is 0 Å². The third kappa shape index (κ3) is 8.74. The van der Waals surface area contributed by atoms with Crippen LogP contribution in [0.2, 0.25) is 0 Å². The third-order valence-corrected chi connectivity index (χ3v) is 10.8. The van der Waals surface area contributed by atoms with Gasteiger partial charge in [-0.2, -0.15) is 0 Å². The van der Waals surface area contributed by atoms with Crippen molar-refractivity contribution in [2.45, 2.75) is 141 Å². The Morgan fingerprint density at radius 2 is 1.67 bits per heavy atom. The van der Waals surface area contributed by atoms with E-state index in [0.717, 1.165) is 25.7 Å². The van der Waals surface area contributed by atoms with Gasteiger partial charge in [0.05, 0.1) is 18.3 Å². The number of rotatable bonds is 3. The molecule has 3 N–H and O–H groups in total. The Bertz CT molecular complexity index is 1150. The molecule has 0 spiro atoms. The second kappa shape index (κ2) is 16.1. The van der Waals surface area contributed by atoms with Crippen molar-refractivity contribution in [3.05, 3.63) is 24.3 Å². The van der Waals surface area contributed by atoms with Gasteiger partial charge in [0, 0.05) is 18.4 Å². The maximum absolute atomic E-state index is 13.7. The number of carbonyl (C=O) groups excluding carboxylic acids is 4. The summed E-state index contributed by atoms with van der Waals surface area (Å²) in [7, 11) is 0. The van der Waals surface area contributed by atoms with Crippen molar-refractivity contribution >= 4 is 23.4 Å². The molecule has 3 aliphatic heterocycles. The molecule has 0 aromatic heterocycles. The molecule has 3 heterocycles. The molecule has 0 aromatic rings. The first-order valence-corrected chi connectivity index (χ1v) is 17.5. The number of ether oxygens (including phenoxy) is 2. The van der Waals surface area contributed by atoms with Gasteiger partial charge in [-0.15, -0.1) is 0 Å². The van der Waals surface area contributed by atoms with E-state index < -0.39 is 65.7 Å². The van der Waals surface area contributed by atoms with E-state index in [1.54, 1.807) is 13.8 Å². The first-order valence-electron chi connectivity index (χ1n) is 17.5. The van der Waals surface area contributed by atoms with Crippen molar-refractivity contribution in [1.82, 2.24) is 4.90 Å². The van der Waals surface area contributed by atoms with E-state index in [2.05, 4.69) is 19.1 Å². The lowest BCUT2D eigenvalue weighted by Crippen LogP contribution is -2.60. The van der Waals surface area contributed by atoms with E-state index in [9.17, 15) is 34.5 Å². The van der Waals surface area contributed by atoms with E-state index >= 15 is 0 Å². The number of amides is 1. The van der Waals surface area contributed by atoms with Crippen LogP contribution in [0.3, 0.4) is 0 Å². The highest BCUT2D eigenvalue weighted by atomic mass is 16.6. The number of carbonyl (C=O) groups is 4. The molecule has 10 nitrogen and oxygen atoms in total. The van der Waals surface area contributed by atoms with Gasteiger partial charge < -0.3 is 29.7 Å². The van der Waals surface area contributed by atoms with E-state index in [0.29, 0.717) is 51.4 Å². The van der Waals surface area contributed by atoms with Crippen molar-refractivity contribution in [1.29, 1.82) is 0 Å². The molecule has 4 rings (SSSR count). The summed E-state index contributed by atoms with van der Waals surface area (Å²) in [5, 5.41) is 31.7. The average molecular weight is 646 g/mol. The van der Waals surface area contributed by atoms with E-state index in [1.807, 2.05) is 13.0 Å². The van der Waals surface area contributed by atoms with Gasteiger partial charge >= 0.3 is 5.97 Å². The number of aliphatic hydroxyl groups excluding tert-OH is 2. The number of Topliss-reactive ketones (excluding diaryl/α,β-unsaturated/α-hetero) is 1. The molecule has 1 aliphatic carbocycles. The predicted octanol–water partition coefficient (Wildman–Crippen LogP) is 4.04. The topological polar surface area (TPSA) is 151 Å². The van der Waals surface area contributed by atoms with Crippen LogP contribution in [-0.2, 0) is 28.7 Å². The Hall–Kier alpha value is -2.40. The minimum absolute atomic E-state index is 0.0276. The van der Waals surface area contributed by atoms with Gasteiger partial charge in [-0.1, -0.05) is 45.9 Å². The van der Waals surface area contributed by atoms with Gasteiger partial charge in [0.15, 0.2) is 5.78 Å². The summed E-state index contributed by atoms with van der Waals surface area (Å²) in [6.45, 7) is 7.70. The van der Waals surface area contributed by atoms with Crippen LogP contribution in [-0.4, -0.2) is 86.5 Å². The minimum Gasteiger partial charge on any atom is -0.461 e. The summed E-state index contributed by atoms with van der Waals surface area (Å²) in [6, 6.07) is -0.951. The Morgan fingerprint density at radius 1 is 0.935 bits per heavy atom. The highest BCUT2D eigenvalue weighted by molar-refractivity contribution is 6.39. The van der Waals surface area contributed by atoms with E-state index in [-0.39, 0.29) is 30.1 Å². The van der Waals surface area contributed by atoms with Crippen LogP contribution in [0, 0.1) is 29.6 Å². The largest absolute Gasteiger partial charge is 0.461 e.